The quantitative estimate of drug-likeness (QED) is 0.288. The van der Waals surface area contributed by atoms with Crippen LogP contribution >= 0.6 is 0 Å². The number of amides is 1. The van der Waals surface area contributed by atoms with Gasteiger partial charge in [-0.05, 0) is 118 Å². The number of oxime groups is 1. The first-order valence-electron chi connectivity index (χ1n) is 14.8. The molecular weight excluding hydrogens is 450 g/mol. The van der Waals surface area contributed by atoms with Crippen molar-refractivity contribution in [3.63, 3.8) is 0 Å². The van der Waals surface area contributed by atoms with Gasteiger partial charge in [0.15, 0.2) is 0 Å². The van der Waals surface area contributed by atoms with E-state index in [2.05, 4.69) is 45.1 Å². The first-order chi connectivity index (χ1) is 17.0. The van der Waals surface area contributed by atoms with Crippen LogP contribution in [-0.2, 0) is 4.84 Å². The van der Waals surface area contributed by atoms with Gasteiger partial charge in [-0.3, -0.25) is 4.84 Å². The van der Waals surface area contributed by atoms with Gasteiger partial charge >= 0.3 is 6.09 Å². The average molecular weight is 502 g/mol. The fourth-order valence-corrected chi connectivity index (χ4v) is 9.85. The highest BCUT2D eigenvalue weighted by atomic mass is 16.7. The van der Waals surface area contributed by atoms with Gasteiger partial charge in [0, 0.05) is 25.6 Å². The molecule has 6 nitrogen and oxygen atoms in total. The van der Waals surface area contributed by atoms with E-state index in [-0.39, 0.29) is 29.1 Å². The molecule has 1 aliphatic heterocycles. The summed E-state index contributed by atoms with van der Waals surface area (Å²) in [6.07, 6.45) is 11.5. The summed E-state index contributed by atoms with van der Waals surface area (Å²) >= 11 is 0. The van der Waals surface area contributed by atoms with Gasteiger partial charge in [-0.15, -0.1) is 0 Å². The standard InChI is InChI=1S/C30H51N3O3/c1-19(32-36-27(35)33(6)18-26-28(2,3)15-16-31-26)23-9-10-24-22-8-7-20-17-21(34)11-13-29(20,4)25(22)12-14-30(23,24)5/h20-26,31,34H,7-18H2,1-6H3/b32-19+/t20-,21-,22+,23-,24+,25+,26?,29+,30-/m1/s1. The van der Waals surface area contributed by atoms with Crippen molar-refractivity contribution in [1.29, 1.82) is 0 Å². The molecule has 9 atom stereocenters. The van der Waals surface area contributed by atoms with E-state index in [1.54, 1.807) is 4.90 Å². The number of aliphatic hydroxyl groups is 1. The number of carbonyl (C=O) groups is 1. The number of rotatable bonds is 4. The van der Waals surface area contributed by atoms with Gasteiger partial charge in [-0.2, -0.15) is 0 Å². The third-order valence-corrected chi connectivity index (χ3v) is 12.3. The Morgan fingerprint density at radius 1 is 1.00 bits per heavy atom. The number of nitrogens with one attached hydrogen (secondary N) is 1. The first-order valence-corrected chi connectivity index (χ1v) is 14.8. The van der Waals surface area contributed by atoms with Crippen molar-refractivity contribution in [2.24, 2.45) is 51.0 Å². The van der Waals surface area contributed by atoms with E-state index in [0.29, 0.717) is 23.8 Å². The second-order valence-corrected chi connectivity index (χ2v) is 14.5. The van der Waals surface area contributed by atoms with E-state index in [0.717, 1.165) is 55.7 Å². The second kappa shape index (κ2) is 9.55. The van der Waals surface area contributed by atoms with Crippen molar-refractivity contribution in [1.82, 2.24) is 10.2 Å². The molecule has 2 N–H and O–H groups in total. The maximum absolute atomic E-state index is 12.8. The van der Waals surface area contributed by atoms with Crippen molar-refractivity contribution >= 4 is 11.8 Å². The number of carbonyl (C=O) groups excluding carboxylic acids is 1. The maximum atomic E-state index is 12.8. The predicted octanol–water partition coefficient (Wildman–Crippen LogP) is 5.84. The zero-order valence-electron chi connectivity index (χ0n) is 23.7. The smallest absolute Gasteiger partial charge is 0.393 e. The fraction of sp³-hybridized carbons (Fsp3) is 0.933. The van der Waals surface area contributed by atoms with Crippen molar-refractivity contribution in [2.45, 2.75) is 111 Å². The maximum Gasteiger partial charge on any atom is 0.435 e. The van der Waals surface area contributed by atoms with E-state index in [1.165, 1.54) is 38.5 Å². The van der Waals surface area contributed by atoms with Crippen molar-refractivity contribution in [3.8, 4) is 0 Å². The van der Waals surface area contributed by atoms with Gasteiger partial charge in [-0.25, -0.2) is 4.79 Å². The lowest BCUT2D eigenvalue weighted by molar-refractivity contribution is -0.123. The van der Waals surface area contributed by atoms with Crippen LogP contribution in [0.25, 0.3) is 0 Å². The van der Waals surface area contributed by atoms with Crippen LogP contribution < -0.4 is 5.32 Å². The van der Waals surface area contributed by atoms with E-state index >= 15 is 0 Å². The van der Waals surface area contributed by atoms with E-state index in [1.807, 2.05) is 7.05 Å². The topological polar surface area (TPSA) is 74.2 Å². The molecule has 0 bridgehead atoms. The molecule has 5 aliphatic rings. The number of hydrogen-bond donors (Lipinski definition) is 2. The summed E-state index contributed by atoms with van der Waals surface area (Å²) in [5.41, 5.74) is 1.85. The lowest BCUT2D eigenvalue weighted by atomic mass is 9.44. The lowest BCUT2D eigenvalue weighted by Gasteiger charge is -2.61. The summed E-state index contributed by atoms with van der Waals surface area (Å²) in [5, 5.41) is 18.3. The molecule has 0 radical (unpaired) electrons. The third kappa shape index (κ3) is 4.42. The van der Waals surface area contributed by atoms with Gasteiger partial charge in [0.25, 0.3) is 0 Å². The zero-order chi connectivity index (χ0) is 25.9. The van der Waals surface area contributed by atoms with Crippen molar-refractivity contribution in [3.05, 3.63) is 0 Å². The first kappa shape index (κ1) is 26.5. The van der Waals surface area contributed by atoms with Gasteiger partial charge in [-0.1, -0.05) is 32.9 Å². The molecule has 1 unspecified atom stereocenters. The van der Waals surface area contributed by atoms with Crippen LogP contribution in [0.15, 0.2) is 5.16 Å². The Bertz CT molecular complexity index is 874. The molecular formula is C30H51N3O3. The van der Waals surface area contributed by atoms with Crippen LogP contribution in [0.5, 0.6) is 0 Å². The van der Waals surface area contributed by atoms with Crippen LogP contribution in [-0.4, -0.2) is 54.1 Å². The molecule has 4 aliphatic carbocycles. The molecule has 0 spiro atoms. The molecule has 5 rings (SSSR count). The summed E-state index contributed by atoms with van der Waals surface area (Å²) in [5.74, 6) is 3.45. The van der Waals surface area contributed by atoms with E-state index in [4.69, 9.17) is 4.84 Å². The predicted molar refractivity (Wildman–Crippen MR) is 144 cm³/mol. The minimum atomic E-state index is -0.354. The second-order valence-electron chi connectivity index (χ2n) is 14.5. The summed E-state index contributed by atoms with van der Waals surface area (Å²) in [7, 11) is 1.82. The fourth-order valence-electron chi connectivity index (χ4n) is 9.85. The summed E-state index contributed by atoms with van der Waals surface area (Å²) in [6, 6.07) is 0.286. The lowest BCUT2D eigenvalue weighted by Crippen LogP contribution is -2.54. The Kier molecular flexibility index (Phi) is 7.02. The summed E-state index contributed by atoms with van der Waals surface area (Å²) < 4.78 is 0. The van der Waals surface area contributed by atoms with E-state index in [9.17, 15) is 9.90 Å². The monoisotopic (exact) mass is 501 g/mol. The minimum absolute atomic E-state index is 0.0779. The average Bonchev–Trinajstić information content (AvgIpc) is 3.35. The van der Waals surface area contributed by atoms with Crippen LogP contribution in [0.3, 0.4) is 0 Å². The Balaban J connectivity index is 1.22. The Hall–Kier alpha value is -1.14. The largest absolute Gasteiger partial charge is 0.435 e. The number of nitrogens with zero attached hydrogens (tertiary/aromatic N) is 2. The van der Waals surface area contributed by atoms with Crippen molar-refractivity contribution < 1.29 is 14.7 Å². The Labute approximate surface area is 219 Å². The molecule has 36 heavy (non-hydrogen) atoms. The van der Waals surface area contributed by atoms with Gasteiger partial charge in [0.05, 0.1) is 11.8 Å². The highest BCUT2D eigenvalue weighted by Gasteiger charge is 2.60. The number of likely N-dealkylation sites (N-methyl/N-ethyl adjacent to an activating group) is 1. The highest BCUT2D eigenvalue weighted by molar-refractivity contribution is 5.85. The normalized spacial score (nSPS) is 46.0. The van der Waals surface area contributed by atoms with Gasteiger partial charge in [0.1, 0.15) is 0 Å². The molecule has 5 fully saturated rings. The SMILES string of the molecule is C/C(=N\OC(=O)N(C)CC1NCCC1(C)C)[C@H]1CC[C@H]2[C@@H]3CC[C@@H]4C[C@H](O)CC[C@]4(C)[C@H]3CC[C@]12C. The number of fused-ring (bicyclic) bond motifs is 5. The molecule has 0 aromatic rings. The molecule has 0 aromatic heterocycles. The van der Waals surface area contributed by atoms with Crippen LogP contribution in [0, 0.1) is 45.8 Å². The van der Waals surface area contributed by atoms with Gasteiger partial charge in [0.2, 0.25) is 0 Å². The summed E-state index contributed by atoms with van der Waals surface area (Å²) in [4.78, 5) is 19.9. The molecule has 1 amide bonds. The van der Waals surface area contributed by atoms with Crippen LogP contribution in [0.1, 0.15) is 98.8 Å². The number of aliphatic hydroxyl groups excluding tert-OH is 1. The third-order valence-electron chi connectivity index (χ3n) is 12.3. The molecule has 6 heteroatoms. The van der Waals surface area contributed by atoms with Gasteiger partial charge < -0.3 is 15.3 Å². The van der Waals surface area contributed by atoms with Crippen molar-refractivity contribution in [2.75, 3.05) is 20.1 Å². The van der Waals surface area contributed by atoms with Crippen LogP contribution in [0.2, 0.25) is 0 Å². The summed E-state index contributed by atoms with van der Waals surface area (Å²) in [6.45, 7) is 13.3. The van der Waals surface area contributed by atoms with Crippen LogP contribution in [0.4, 0.5) is 4.79 Å². The van der Waals surface area contributed by atoms with E-state index < -0.39 is 0 Å². The minimum Gasteiger partial charge on any atom is -0.393 e. The zero-order valence-corrected chi connectivity index (χ0v) is 23.7. The Morgan fingerprint density at radius 3 is 2.44 bits per heavy atom. The molecule has 1 heterocycles. The number of hydrogen-bond acceptors (Lipinski definition) is 5. The molecule has 0 aromatic carbocycles. The molecule has 1 saturated heterocycles. The molecule has 204 valence electrons. The highest BCUT2D eigenvalue weighted by Crippen LogP contribution is 2.67. The Morgan fingerprint density at radius 2 is 1.72 bits per heavy atom. The molecule has 4 saturated carbocycles.